The first-order valence-electron chi connectivity index (χ1n) is 4.91. The normalized spacial score (nSPS) is 13.6. The standard InChI is InChI=1S/C11H5ClN2O2S2/c12-4-1-2-6-5(3-4)7(9(15)13-6)8-10(16)14-11(17)18-8/h1-3,16H,(H,14,17). The number of thiazole rings is 1. The fourth-order valence-corrected chi connectivity index (χ4v) is 3.09. The number of nitrogens with zero attached hydrogens (tertiary/aromatic N) is 1. The molecule has 3 rings (SSSR count). The molecule has 0 saturated heterocycles. The molecule has 18 heavy (non-hydrogen) atoms. The Morgan fingerprint density at radius 1 is 1.44 bits per heavy atom. The molecule has 2 heterocycles. The molecule has 0 atom stereocenters. The van der Waals surface area contributed by atoms with Crippen LogP contribution in [-0.4, -0.2) is 16.0 Å². The number of carbonyl (C=O) groups excluding carboxylic acids is 1. The highest BCUT2D eigenvalue weighted by molar-refractivity contribution is 7.73. The van der Waals surface area contributed by atoms with Crippen LogP contribution in [-0.2, 0) is 4.79 Å². The Labute approximate surface area is 115 Å². The maximum atomic E-state index is 11.9. The third-order valence-electron chi connectivity index (χ3n) is 2.52. The second kappa shape index (κ2) is 4.01. The van der Waals surface area contributed by atoms with Crippen LogP contribution in [0, 0.1) is 3.95 Å². The fourth-order valence-electron chi connectivity index (χ4n) is 1.80. The Morgan fingerprint density at radius 2 is 2.22 bits per heavy atom. The number of carbonyl (C=O) groups is 1. The Kier molecular flexibility index (Phi) is 2.58. The first-order chi connectivity index (χ1) is 8.56. The summed E-state index contributed by atoms with van der Waals surface area (Å²) >= 11 is 12.0. The zero-order chi connectivity index (χ0) is 12.9. The Morgan fingerprint density at radius 3 is 2.89 bits per heavy atom. The third kappa shape index (κ3) is 1.69. The average Bonchev–Trinajstić information content (AvgIpc) is 2.77. The predicted octanol–water partition coefficient (Wildman–Crippen LogP) is 1.52. The average molecular weight is 297 g/mol. The van der Waals surface area contributed by atoms with Crippen LogP contribution in [0.1, 0.15) is 4.88 Å². The molecular formula is C11H5ClN2O2S2. The first-order valence-corrected chi connectivity index (χ1v) is 6.52. The summed E-state index contributed by atoms with van der Waals surface area (Å²) in [6.45, 7) is 0. The van der Waals surface area contributed by atoms with E-state index in [1.54, 1.807) is 18.2 Å². The highest BCUT2D eigenvalue weighted by atomic mass is 35.5. The van der Waals surface area contributed by atoms with Gasteiger partial charge >= 0.3 is 0 Å². The summed E-state index contributed by atoms with van der Waals surface area (Å²) in [5.74, 6) is -0.510. The van der Waals surface area contributed by atoms with Gasteiger partial charge in [0.2, 0.25) is 5.88 Å². The maximum Gasteiger partial charge on any atom is 0.279 e. The van der Waals surface area contributed by atoms with Gasteiger partial charge in [-0.25, -0.2) is 4.99 Å². The van der Waals surface area contributed by atoms with Crippen molar-refractivity contribution in [1.29, 1.82) is 0 Å². The van der Waals surface area contributed by atoms with Gasteiger partial charge in [0.1, 0.15) is 4.88 Å². The molecule has 2 aromatic rings. The third-order valence-corrected chi connectivity index (χ3v) is 4.00. The van der Waals surface area contributed by atoms with Gasteiger partial charge in [0, 0.05) is 10.2 Å². The van der Waals surface area contributed by atoms with Gasteiger partial charge in [-0.2, -0.15) is 0 Å². The van der Waals surface area contributed by atoms with Crippen molar-refractivity contribution >= 4 is 46.6 Å². The van der Waals surface area contributed by atoms with E-state index >= 15 is 0 Å². The van der Waals surface area contributed by atoms with Gasteiger partial charge < -0.3 is 10.1 Å². The van der Waals surface area contributed by atoms with Gasteiger partial charge in [-0.3, -0.25) is 4.79 Å². The van der Waals surface area contributed by atoms with Crippen LogP contribution in [0.5, 0.6) is 5.88 Å². The van der Waals surface area contributed by atoms with Crippen LogP contribution in [0.3, 0.4) is 0 Å². The van der Waals surface area contributed by atoms with E-state index in [0.717, 1.165) is 11.3 Å². The van der Waals surface area contributed by atoms with Gasteiger partial charge in [-0.05, 0) is 30.4 Å². The second-order valence-corrected chi connectivity index (χ2v) is 5.77. The second-order valence-electron chi connectivity index (χ2n) is 3.65. The van der Waals surface area contributed by atoms with E-state index in [2.05, 4.69) is 9.98 Å². The number of aromatic amines is 1. The maximum absolute atomic E-state index is 11.9. The quantitative estimate of drug-likeness (QED) is 0.784. The fraction of sp³-hybridized carbons (Fsp3) is 0. The number of aromatic nitrogens is 1. The molecule has 1 aromatic carbocycles. The van der Waals surface area contributed by atoms with Crippen molar-refractivity contribution in [1.82, 2.24) is 4.98 Å². The van der Waals surface area contributed by atoms with Gasteiger partial charge in [-0.1, -0.05) is 11.6 Å². The molecule has 90 valence electrons. The molecular weight excluding hydrogens is 292 g/mol. The van der Waals surface area contributed by atoms with Crippen molar-refractivity contribution in [2.45, 2.75) is 0 Å². The van der Waals surface area contributed by atoms with Gasteiger partial charge in [0.25, 0.3) is 5.91 Å². The summed E-state index contributed by atoms with van der Waals surface area (Å²) in [6.07, 6.45) is 0. The number of fused-ring (bicyclic) bond motifs is 1. The Balaban J connectivity index is 2.45. The Hall–Kier alpha value is -1.50. The van der Waals surface area contributed by atoms with Gasteiger partial charge in [-0.15, -0.1) is 11.3 Å². The van der Waals surface area contributed by atoms with E-state index in [-0.39, 0.29) is 5.88 Å². The zero-order valence-corrected chi connectivity index (χ0v) is 11.1. The van der Waals surface area contributed by atoms with Crippen LogP contribution in [0.25, 0.3) is 5.57 Å². The summed E-state index contributed by atoms with van der Waals surface area (Å²) in [6, 6.07) is 4.99. The van der Waals surface area contributed by atoms with E-state index in [4.69, 9.17) is 23.8 Å². The summed E-state index contributed by atoms with van der Waals surface area (Å²) in [5, 5.41) is 11.4. The van der Waals surface area contributed by atoms with Crippen LogP contribution in [0.4, 0.5) is 0 Å². The molecule has 0 radical (unpaired) electrons. The molecule has 4 nitrogen and oxygen atoms in total. The molecule has 0 fully saturated rings. The number of halogens is 1. The van der Waals surface area contributed by atoms with Crippen LogP contribution in [0.15, 0.2) is 23.2 Å². The lowest BCUT2D eigenvalue weighted by molar-refractivity contribution is -0.112. The number of hydrogen-bond donors (Lipinski definition) is 2. The van der Waals surface area contributed by atoms with Crippen molar-refractivity contribution < 1.29 is 9.90 Å². The molecule has 0 saturated carbocycles. The molecule has 0 aliphatic carbocycles. The SMILES string of the molecule is O=C1N=c2ccc(Cl)cc2=C1c1sc(=S)[nH]c1O. The van der Waals surface area contributed by atoms with E-state index < -0.39 is 5.91 Å². The number of hydrogen-bond acceptors (Lipinski definition) is 4. The monoisotopic (exact) mass is 296 g/mol. The molecule has 0 spiro atoms. The topological polar surface area (TPSA) is 65.5 Å². The van der Waals surface area contributed by atoms with Gasteiger partial charge in [0.05, 0.1) is 10.9 Å². The number of amides is 1. The smallest absolute Gasteiger partial charge is 0.279 e. The van der Waals surface area contributed by atoms with Crippen LogP contribution >= 0.6 is 35.2 Å². The molecule has 0 unspecified atom stereocenters. The summed E-state index contributed by atoms with van der Waals surface area (Å²) in [7, 11) is 0. The van der Waals surface area contributed by atoms with E-state index in [9.17, 15) is 9.90 Å². The molecule has 1 aromatic heterocycles. The van der Waals surface area contributed by atoms with Crippen LogP contribution in [0.2, 0.25) is 5.02 Å². The zero-order valence-electron chi connectivity index (χ0n) is 8.73. The Bertz CT molecular complexity index is 851. The van der Waals surface area contributed by atoms with E-state index in [1.165, 1.54) is 0 Å². The highest BCUT2D eigenvalue weighted by Gasteiger charge is 2.23. The van der Waals surface area contributed by atoms with Crippen molar-refractivity contribution in [2.24, 2.45) is 4.99 Å². The molecule has 2 N–H and O–H groups in total. The highest BCUT2D eigenvalue weighted by Crippen LogP contribution is 2.29. The van der Waals surface area contributed by atoms with Gasteiger partial charge in [0.15, 0.2) is 3.95 Å². The lowest BCUT2D eigenvalue weighted by Gasteiger charge is -1.96. The molecule has 1 aliphatic rings. The number of benzene rings is 1. The molecule has 7 heteroatoms. The molecule has 1 amide bonds. The summed E-state index contributed by atoms with van der Waals surface area (Å²) in [4.78, 5) is 18.8. The predicted molar refractivity (Wildman–Crippen MR) is 70.9 cm³/mol. The largest absolute Gasteiger partial charge is 0.494 e. The summed E-state index contributed by atoms with van der Waals surface area (Å²) in [5.41, 5.74) is 0.336. The van der Waals surface area contributed by atoms with E-state index in [0.29, 0.717) is 30.0 Å². The number of aromatic hydroxyl groups is 1. The minimum Gasteiger partial charge on any atom is -0.494 e. The molecule has 1 aliphatic heterocycles. The van der Waals surface area contributed by atoms with E-state index in [1.807, 2.05) is 0 Å². The summed E-state index contributed by atoms with van der Waals surface area (Å²) < 4.78 is 0.401. The number of rotatable bonds is 1. The number of H-pyrrole nitrogens is 1. The van der Waals surface area contributed by atoms with Crippen molar-refractivity contribution in [3.05, 3.63) is 42.6 Å². The first kappa shape index (κ1) is 11.6. The molecule has 0 bridgehead atoms. The van der Waals surface area contributed by atoms with Crippen LogP contribution < -0.4 is 10.6 Å². The lowest BCUT2D eigenvalue weighted by Crippen LogP contribution is -2.22. The minimum absolute atomic E-state index is 0.114. The van der Waals surface area contributed by atoms with Crippen molar-refractivity contribution in [3.63, 3.8) is 0 Å². The minimum atomic E-state index is -0.396. The number of nitrogens with one attached hydrogen (secondary N) is 1. The van der Waals surface area contributed by atoms with Crippen molar-refractivity contribution in [2.75, 3.05) is 0 Å². The lowest BCUT2D eigenvalue weighted by atomic mass is 10.1. The van der Waals surface area contributed by atoms with Crippen molar-refractivity contribution in [3.8, 4) is 5.88 Å².